The average molecular weight is 358 g/mol. The summed E-state index contributed by atoms with van der Waals surface area (Å²) >= 11 is 0. The Morgan fingerprint density at radius 2 is 2.08 bits per heavy atom. The number of methoxy groups -OCH3 is 1. The maximum absolute atomic E-state index is 12.6. The highest BCUT2D eigenvalue weighted by Crippen LogP contribution is 2.28. The molecular weight excluding hydrogens is 334 g/mol. The van der Waals surface area contributed by atoms with Crippen molar-refractivity contribution in [3.05, 3.63) is 33.9 Å². The van der Waals surface area contributed by atoms with Gasteiger partial charge in [-0.2, -0.15) is 0 Å². The molecular formula is C16H24ClN3O4. The van der Waals surface area contributed by atoms with Crippen LogP contribution in [0.2, 0.25) is 0 Å². The van der Waals surface area contributed by atoms with Gasteiger partial charge in [0.15, 0.2) is 5.75 Å². The van der Waals surface area contributed by atoms with Gasteiger partial charge in [-0.15, -0.1) is 12.4 Å². The number of likely N-dealkylation sites (tertiary alicyclic amines) is 1. The first-order valence-electron chi connectivity index (χ1n) is 7.89. The third-order valence-electron chi connectivity index (χ3n) is 4.21. The van der Waals surface area contributed by atoms with E-state index in [9.17, 15) is 14.9 Å². The second-order valence-electron chi connectivity index (χ2n) is 5.69. The minimum absolute atomic E-state index is 0. The molecule has 2 rings (SSSR count). The second-order valence-corrected chi connectivity index (χ2v) is 5.69. The largest absolute Gasteiger partial charge is 0.490 e. The van der Waals surface area contributed by atoms with E-state index < -0.39 is 4.92 Å². The summed E-state index contributed by atoms with van der Waals surface area (Å²) in [7, 11) is 1.36. The van der Waals surface area contributed by atoms with Crippen LogP contribution in [0.25, 0.3) is 0 Å². The van der Waals surface area contributed by atoms with Gasteiger partial charge in [-0.05, 0) is 37.9 Å². The molecule has 1 heterocycles. The summed E-state index contributed by atoms with van der Waals surface area (Å²) < 4.78 is 5.03. The van der Waals surface area contributed by atoms with Gasteiger partial charge in [0.2, 0.25) is 0 Å². The van der Waals surface area contributed by atoms with Crippen LogP contribution >= 0.6 is 12.4 Å². The number of carbonyl (C=O) groups is 1. The Bertz CT molecular complexity index is 574. The molecule has 1 aliphatic rings. The lowest BCUT2D eigenvalue weighted by molar-refractivity contribution is -0.385. The van der Waals surface area contributed by atoms with E-state index in [0.29, 0.717) is 24.6 Å². The first-order valence-corrected chi connectivity index (χ1v) is 7.89. The lowest BCUT2D eigenvalue weighted by Crippen LogP contribution is -2.40. The zero-order valence-corrected chi connectivity index (χ0v) is 14.8. The van der Waals surface area contributed by atoms with Crippen molar-refractivity contribution in [3.8, 4) is 5.75 Å². The molecule has 0 unspecified atom stereocenters. The normalized spacial score (nSPS) is 14.8. The first-order chi connectivity index (χ1) is 11.1. The van der Waals surface area contributed by atoms with Gasteiger partial charge in [-0.1, -0.05) is 6.92 Å². The predicted octanol–water partition coefficient (Wildman–Crippen LogP) is 2.49. The van der Waals surface area contributed by atoms with Gasteiger partial charge in [0, 0.05) is 30.8 Å². The van der Waals surface area contributed by atoms with Crippen LogP contribution in [-0.4, -0.2) is 49.0 Å². The highest BCUT2D eigenvalue weighted by Gasteiger charge is 2.25. The van der Waals surface area contributed by atoms with Crippen LogP contribution in [0.3, 0.4) is 0 Å². The fourth-order valence-electron chi connectivity index (χ4n) is 2.83. The number of halogens is 1. The Labute approximate surface area is 147 Å². The summed E-state index contributed by atoms with van der Waals surface area (Å²) in [5, 5.41) is 14.3. The minimum atomic E-state index is -0.515. The number of nitro benzene ring substituents is 1. The lowest BCUT2D eigenvalue weighted by Gasteiger charge is -2.32. The van der Waals surface area contributed by atoms with Crippen molar-refractivity contribution in [3.63, 3.8) is 0 Å². The summed E-state index contributed by atoms with van der Waals surface area (Å²) in [6.45, 7) is 5.47. The van der Waals surface area contributed by atoms with Gasteiger partial charge < -0.3 is 15.0 Å². The zero-order chi connectivity index (χ0) is 16.8. The fraction of sp³-hybridized carbons (Fsp3) is 0.562. The Hall–Kier alpha value is -1.86. The molecule has 0 saturated carbocycles. The monoisotopic (exact) mass is 357 g/mol. The van der Waals surface area contributed by atoms with Crippen LogP contribution in [0.1, 0.15) is 30.1 Å². The van der Waals surface area contributed by atoms with Crippen LogP contribution < -0.4 is 10.1 Å². The van der Waals surface area contributed by atoms with Gasteiger partial charge in [-0.25, -0.2) is 0 Å². The molecule has 1 aromatic rings. The molecule has 7 nitrogen and oxygen atoms in total. The van der Waals surface area contributed by atoms with Crippen molar-refractivity contribution in [2.75, 3.05) is 33.3 Å². The second kappa shape index (κ2) is 9.44. The SMILES string of the molecule is CCNCC1CCN(C(=O)c2ccc([N+](=O)[O-])c(OC)c2)CC1.Cl. The molecule has 8 heteroatoms. The van der Waals surface area contributed by atoms with Crippen LogP contribution in [0.5, 0.6) is 5.75 Å². The summed E-state index contributed by atoms with van der Waals surface area (Å²) in [4.78, 5) is 24.8. The van der Waals surface area contributed by atoms with Crippen molar-refractivity contribution in [1.82, 2.24) is 10.2 Å². The molecule has 1 amide bonds. The molecule has 1 fully saturated rings. The van der Waals surface area contributed by atoms with Gasteiger partial charge in [-0.3, -0.25) is 14.9 Å². The summed E-state index contributed by atoms with van der Waals surface area (Å²) in [6.07, 6.45) is 1.95. The van der Waals surface area contributed by atoms with E-state index in [2.05, 4.69) is 12.2 Å². The molecule has 0 radical (unpaired) electrons. The summed E-state index contributed by atoms with van der Waals surface area (Å²) in [6, 6.07) is 4.27. The Balaban J connectivity index is 0.00000288. The summed E-state index contributed by atoms with van der Waals surface area (Å²) in [5.41, 5.74) is 0.297. The molecule has 1 saturated heterocycles. The molecule has 0 atom stereocenters. The van der Waals surface area contributed by atoms with Crippen molar-refractivity contribution in [2.45, 2.75) is 19.8 Å². The molecule has 1 aromatic carbocycles. The highest BCUT2D eigenvalue weighted by molar-refractivity contribution is 5.95. The lowest BCUT2D eigenvalue weighted by atomic mass is 9.96. The van der Waals surface area contributed by atoms with E-state index in [1.54, 1.807) is 0 Å². The van der Waals surface area contributed by atoms with Crippen LogP contribution in [0.15, 0.2) is 18.2 Å². The van der Waals surface area contributed by atoms with Crippen molar-refractivity contribution in [1.29, 1.82) is 0 Å². The highest BCUT2D eigenvalue weighted by atomic mass is 35.5. The molecule has 0 aromatic heterocycles. The number of hydrogen-bond donors (Lipinski definition) is 1. The van der Waals surface area contributed by atoms with Gasteiger partial charge in [0.1, 0.15) is 0 Å². The number of piperidine rings is 1. The molecule has 0 bridgehead atoms. The van der Waals surface area contributed by atoms with Crippen LogP contribution in [0, 0.1) is 16.0 Å². The van der Waals surface area contributed by atoms with Crippen molar-refractivity contribution >= 4 is 24.0 Å². The topological polar surface area (TPSA) is 84.7 Å². The van der Waals surface area contributed by atoms with E-state index in [1.807, 2.05) is 4.90 Å². The van der Waals surface area contributed by atoms with E-state index >= 15 is 0 Å². The van der Waals surface area contributed by atoms with Gasteiger partial charge >= 0.3 is 5.69 Å². The average Bonchev–Trinajstić information content (AvgIpc) is 2.59. The number of carbonyl (C=O) groups excluding carboxylic acids is 1. The Morgan fingerprint density at radius 3 is 2.62 bits per heavy atom. The summed E-state index contributed by atoms with van der Waals surface area (Å²) in [5.74, 6) is 0.619. The molecule has 1 aliphatic heterocycles. The van der Waals surface area contributed by atoms with Crippen molar-refractivity contribution in [2.24, 2.45) is 5.92 Å². The smallest absolute Gasteiger partial charge is 0.310 e. The number of benzene rings is 1. The van der Waals surface area contributed by atoms with Crippen LogP contribution in [-0.2, 0) is 0 Å². The number of rotatable bonds is 6. The molecule has 134 valence electrons. The first kappa shape index (κ1) is 20.2. The molecule has 0 spiro atoms. The van der Waals surface area contributed by atoms with E-state index in [-0.39, 0.29) is 29.8 Å². The quantitative estimate of drug-likeness (QED) is 0.624. The molecule has 24 heavy (non-hydrogen) atoms. The third kappa shape index (κ3) is 4.82. The van der Waals surface area contributed by atoms with Gasteiger partial charge in [0.25, 0.3) is 5.91 Å². The Kier molecular flexibility index (Phi) is 7.94. The van der Waals surface area contributed by atoms with Crippen LogP contribution in [0.4, 0.5) is 5.69 Å². The number of nitrogens with one attached hydrogen (secondary N) is 1. The van der Waals surface area contributed by atoms with E-state index in [1.165, 1.54) is 25.3 Å². The van der Waals surface area contributed by atoms with E-state index in [0.717, 1.165) is 25.9 Å². The minimum Gasteiger partial charge on any atom is -0.490 e. The van der Waals surface area contributed by atoms with Crippen molar-refractivity contribution < 1.29 is 14.5 Å². The number of nitrogens with zero attached hydrogens (tertiary/aromatic N) is 2. The van der Waals surface area contributed by atoms with E-state index in [4.69, 9.17) is 4.74 Å². The fourth-order valence-corrected chi connectivity index (χ4v) is 2.83. The number of amides is 1. The van der Waals surface area contributed by atoms with Gasteiger partial charge in [0.05, 0.1) is 12.0 Å². The maximum Gasteiger partial charge on any atom is 0.310 e. The maximum atomic E-state index is 12.6. The molecule has 0 aliphatic carbocycles. The number of ether oxygens (including phenoxy) is 1. The Morgan fingerprint density at radius 1 is 1.42 bits per heavy atom. The standard InChI is InChI=1S/C16H23N3O4.ClH/c1-3-17-11-12-6-8-18(9-7-12)16(20)13-4-5-14(19(21)22)15(10-13)23-2;/h4-5,10,12,17H,3,6-9,11H2,1-2H3;1H. The third-order valence-corrected chi connectivity index (χ3v) is 4.21. The number of nitro groups is 1. The number of hydrogen-bond acceptors (Lipinski definition) is 5. The predicted molar refractivity (Wildman–Crippen MR) is 94.1 cm³/mol. The zero-order valence-electron chi connectivity index (χ0n) is 14.0. The molecule has 1 N–H and O–H groups in total.